The Labute approximate surface area is 132 Å². The summed E-state index contributed by atoms with van der Waals surface area (Å²) in [5.74, 6) is -0.490. The van der Waals surface area contributed by atoms with Gasteiger partial charge in [0.1, 0.15) is 11.6 Å². The zero-order valence-electron chi connectivity index (χ0n) is 13.0. The molecule has 1 heterocycles. The molecule has 6 nitrogen and oxygen atoms in total. The van der Waals surface area contributed by atoms with Crippen molar-refractivity contribution in [2.45, 2.75) is 26.5 Å². The number of aryl methyl sites for hydroxylation is 1. The highest BCUT2D eigenvalue weighted by Gasteiger charge is 2.14. The van der Waals surface area contributed by atoms with Crippen molar-refractivity contribution in [3.05, 3.63) is 58.5 Å². The van der Waals surface area contributed by atoms with Gasteiger partial charge >= 0.3 is 0 Å². The van der Waals surface area contributed by atoms with Crippen LogP contribution in [0.25, 0.3) is 0 Å². The number of carbonyl (C=O) groups is 1. The summed E-state index contributed by atoms with van der Waals surface area (Å²) in [5, 5.41) is 2.67. The minimum absolute atomic E-state index is 0.140. The lowest BCUT2D eigenvalue weighted by Gasteiger charge is -2.15. The number of hydrogen-bond donors (Lipinski definition) is 1. The van der Waals surface area contributed by atoms with Gasteiger partial charge in [0, 0.05) is 30.9 Å². The Bertz CT molecular complexity index is 745. The first-order chi connectivity index (χ1) is 11.0. The molecule has 1 unspecified atom stereocenters. The van der Waals surface area contributed by atoms with Crippen molar-refractivity contribution >= 4 is 5.91 Å². The number of aromatic nitrogens is 2. The maximum absolute atomic E-state index is 13.1. The molecule has 122 valence electrons. The van der Waals surface area contributed by atoms with Gasteiger partial charge in [0.25, 0.3) is 11.5 Å². The number of nitrogens with one attached hydrogen (secondary N) is 1. The van der Waals surface area contributed by atoms with E-state index in [0.29, 0.717) is 12.1 Å². The van der Waals surface area contributed by atoms with Crippen molar-refractivity contribution in [3.8, 4) is 5.75 Å². The van der Waals surface area contributed by atoms with E-state index in [1.165, 1.54) is 35.3 Å². The van der Waals surface area contributed by atoms with E-state index in [-0.39, 0.29) is 23.8 Å². The summed E-state index contributed by atoms with van der Waals surface area (Å²) in [4.78, 5) is 27.7. The van der Waals surface area contributed by atoms with Gasteiger partial charge in [0.15, 0.2) is 6.10 Å². The molecular weight excluding hydrogens is 301 g/mol. The first kappa shape index (κ1) is 16.7. The van der Waals surface area contributed by atoms with E-state index in [0.717, 1.165) is 0 Å². The largest absolute Gasteiger partial charge is 0.481 e. The van der Waals surface area contributed by atoms with Crippen LogP contribution in [0, 0.1) is 12.7 Å². The molecule has 1 N–H and O–H groups in total. The van der Waals surface area contributed by atoms with Gasteiger partial charge in [0.2, 0.25) is 0 Å². The second-order valence-electron chi connectivity index (χ2n) is 5.08. The summed E-state index contributed by atoms with van der Waals surface area (Å²) in [6.45, 7) is 3.83. The minimum atomic E-state index is -0.774. The maximum atomic E-state index is 13.1. The first-order valence-electron chi connectivity index (χ1n) is 7.18. The molecule has 0 spiro atoms. The van der Waals surface area contributed by atoms with E-state index < -0.39 is 11.9 Å². The molecule has 0 saturated carbocycles. The Hall–Kier alpha value is -2.70. The highest BCUT2D eigenvalue weighted by Crippen LogP contribution is 2.13. The van der Waals surface area contributed by atoms with Gasteiger partial charge in [-0.15, -0.1) is 0 Å². The van der Waals surface area contributed by atoms with Crippen LogP contribution in [0.15, 0.2) is 41.6 Å². The van der Waals surface area contributed by atoms with Crippen molar-refractivity contribution in [3.63, 3.8) is 0 Å². The van der Waals surface area contributed by atoms with Crippen LogP contribution >= 0.6 is 0 Å². The third kappa shape index (κ3) is 4.64. The molecule has 0 bridgehead atoms. The Balaban J connectivity index is 1.84. The summed E-state index contributed by atoms with van der Waals surface area (Å²) in [6.07, 6.45) is 2.14. The smallest absolute Gasteiger partial charge is 0.260 e. The van der Waals surface area contributed by atoms with Crippen LogP contribution in [0.2, 0.25) is 0 Å². The molecule has 0 saturated heterocycles. The lowest BCUT2D eigenvalue weighted by molar-refractivity contribution is -0.127. The fourth-order valence-electron chi connectivity index (χ4n) is 1.96. The van der Waals surface area contributed by atoms with Crippen molar-refractivity contribution < 1.29 is 13.9 Å². The molecule has 23 heavy (non-hydrogen) atoms. The van der Waals surface area contributed by atoms with Crippen LogP contribution in [0.5, 0.6) is 5.75 Å². The van der Waals surface area contributed by atoms with Gasteiger partial charge in [-0.3, -0.25) is 14.2 Å². The molecule has 0 aliphatic heterocycles. The van der Waals surface area contributed by atoms with Gasteiger partial charge in [-0.1, -0.05) is 6.07 Å². The highest BCUT2D eigenvalue weighted by atomic mass is 19.1. The quantitative estimate of drug-likeness (QED) is 0.870. The van der Waals surface area contributed by atoms with Crippen LogP contribution < -0.4 is 15.6 Å². The zero-order valence-corrected chi connectivity index (χ0v) is 13.0. The van der Waals surface area contributed by atoms with Crippen LogP contribution in [0.4, 0.5) is 4.39 Å². The molecule has 7 heteroatoms. The number of halogens is 1. The predicted octanol–water partition coefficient (Wildman–Crippen LogP) is 1.27. The van der Waals surface area contributed by atoms with Crippen LogP contribution in [-0.4, -0.2) is 28.1 Å². The molecule has 1 aromatic carbocycles. The predicted molar refractivity (Wildman–Crippen MR) is 82.7 cm³/mol. The van der Waals surface area contributed by atoms with Crippen LogP contribution in [0.3, 0.4) is 0 Å². The van der Waals surface area contributed by atoms with Gasteiger partial charge in [-0.25, -0.2) is 9.37 Å². The van der Waals surface area contributed by atoms with E-state index in [1.807, 2.05) is 0 Å². The number of carbonyl (C=O) groups excluding carboxylic acids is 1. The van der Waals surface area contributed by atoms with Crippen molar-refractivity contribution in [1.82, 2.24) is 14.9 Å². The van der Waals surface area contributed by atoms with Crippen molar-refractivity contribution in [1.29, 1.82) is 0 Å². The summed E-state index contributed by atoms with van der Waals surface area (Å²) in [7, 11) is 0. The molecule has 0 fully saturated rings. The average Bonchev–Trinajstić information content (AvgIpc) is 2.51. The van der Waals surface area contributed by atoms with Crippen molar-refractivity contribution in [2.24, 2.45) is 0 Å². The number of nitrogens with zero attached hydrogens (tertiary/aromatic N) is 2. The monoisotopic (exact) mass is 319 g/mol. The number of benzene rings is 1. The lowest BCUT2D eigenvalue weighted by Crippen LogP contribution is -2.39. The second kappa shape index (κ2) is 7.53. The Kier molecular flexibility index (Phi) is 5.46. The third-order valence-electron chi connectivity index (χ3n) is 3.20. The zero-order chi connectivity index (χ0) is 16.8. The van der Waals surface area contributed by atoms with E-state index in [4.69, 9.17) is 4.74 Å². The van der Waals surface area contributed by atoms with E-state index >= 15 is 0 Å². The SMILES string of the molecule is Cc1cncn(CCNC(=O)C(C)Oc2cccc(F)c2)c1=O. The molecular formula is C16H18FN3O3. The molecule has 1 amide bonds. The second-order valence-corrected chi connectivity index (χ2v) is 5.08. The molecule has 0 aliphatic carbocycles. The number of rotatable bonds is 6. The summed E-state index contributed by atoms with van der Waals surface area (Å²) < 4.78 is 19.9. The van der Waals surface area contributed by atoms with Crippen LogP contribution in [-0.2, 0) is 11.3 Å². The number of ether oxygens (including phenoxy) is 1. The fourth-order valence-corrected chi connectivity index (χ4v) is 1.96. The lowest BCUT2D eigenvalue weighted by atomic mass is 10.3. The molecule has 1 atom stereocenters. The number of amides is 1. The van der Waals surface area contributed by atoms with E-state index in [2.05, 4.69) is 10.3 Å². The van der Waals surface area contributed by atoms with Crippen LogP contribution in [0.1, 0.15) is 12.5 Å². The molecule has 2 rings (SSSR count). The van der Waals surface area contributed by atoms with E-state index in [1.54, 1.807) is 19.9 Å². The highest BCUT2D eigenvalue weighted by molar-refractivity contribution is 5.80. The normalized spacial score (nSPS) is 11.8. The van der Waals surface area contributed by atoms with Crippen molar-refractivity contribution in [2.75, 3.05) is 6.54 Å². The minimum Gasteiger partial charge on any atom is -0.481 e. The Morgan fingerprint density at radius 2 is 2.26 bits per heavy atom. The molecule has 0 radical (unpaired) electrons. The Morgan fingerprint density at radius 3 is 3.00 bits per heavy atom. The first-order valence-corrected chi connectivity index (χ1v) is 7.18. The third-order valence-corrected chi connectivity index (χ3v) is 3.20. The summed E-state index contributed by atoms with van der Waals surface area (Å²) in [5.41, 5.74) is 0.403. The van der Waals surface area contributed by atoms with Gasteiger partial charge in [0.05, 0.1) is 6.33 Å². The maximum Gasteiger partial charge on any atom is 0.260 e. The molecule has 1 aromatic heterocycles. The average molecular weight is 319 g/mol. The topological polar surface area (TPSA) is 73.2 Å². The van der Waals surface area contributed by atoms with Gasteiger partial charge < -0.3 is 10.1 Å². The standard InChI is InChI=1S/C16H18FN3O3/c1-11-9-18-10-20(16(11)22)7-6-19-15(21)12(2)23-14-5-3-4-13(17)8-14/h3-5,8-10,12H,6-7H2,1-2H3,(H,19,21). The summed E-state index contributed by atoms with van der Waals surface area (Å²) in [6, 6.07) is 5.59. The Morgan fingerprint density at radius 1 is 1.48 bits per heavy atom. The molecule has 0 aliphatic rings. The van der Waals surface area contributed by atoms with Gasteiger partial charge in [-0.2, -0.15) is 0 Å². The fraction of sp³-hybridized carbons (Fsp3) is 0.312. The number of hydrogen-bond acceptors (Lipinski definition) is 4. The summed E-state index contributed by atoms with van der Waals surface area (Å²) >= 11 is 0. The van der Waals surface area contributed by atoms with E-state index in [9.17, 15) is 14.0 Å². The molecule has 2 aromatic rings. The van der Waals surface area contributed by atoms with Gasteiger partial charge in [-0.05, 0) is 26.0 Å².